The van der Waals surface area contributed by atoms with E-state index < -0.39 is 193 Å². The van der Waals surface area contributed by atoms with Crippen LogP contribution < -0.4 is 0 Å². The Balaban J connectivity index is -0.000000352. The molecule has 0 aromatic heterocycles. The molecule has 0 atom stereocenters. The van der Waals surface area contributed by atoms with E-state index in [1.807, 2.05) is 26.2 Å². The number of carbonyl (C=O) groups is 12. The second kappa shape index (κ2) is 39.7. The van der Waals surface area contributed by atoms with Gasteiger partial charge >= 0.3 is 370 Å². The van der Waals surface area contributed by atoms with Gasteiger partial charge in [-0.25, -0.2) is 0 Å². The van der Waals surface area contributed by atoms with Crippen molar-refractivity contribution in [1.29, 1.82) is 0 Å². The molecule has 1 aliphatic heterocycles. The molecule has 0 bridgehead atoms. The van der Waals surface area contributed by atoms with Crippen LogP contribution in [0.3, 0.4) is 0 Å². The van der Waals surface area contributed by atoms with Gasteiger partial charge in [-0.2, -0.15) is 0 Å². The molecular weight excluding hydrogens is 1370 g/mol. The maximum atomic E-state index is 10.5. The van der Waals surface area contributed by atoms with E-state index in [1.54, 1.807) is 0 Å². The molecule has 0 N–H and O–H groups in total. The van der Waals surface area contributed by atoms with Crippen molar-refractivity contribution in [3.8, 4) is 0 Å². The van der Waals surface area contributed by atoms with Gasteiger partial charge in [-0.1, -0.05) is 0 Å². The van der Waals surface area contributed by atoms with E-state index in [1.165, 1.54) is 0 Å². The van der Waals surface area contributed by atoms with Gasteiger partial charge in [-0.3, -0.25) is 0 Å². The summed E-state index contributed by atoms with van der Waals surface area (Å²) in [6, 6.07) is 0. The Morgan fingerprint density at radius 1 is 0.234 bits per heavy atom. The molecular formula is C28H48O28Si4Sn4. The minimum atomic E-state index is -3.52. The molecule has 1 saturated heterocycles. The molecule has 0 aromatic rings. The summed E-state index contributed by atoms with van der Waals surface area (Å²) in [4.78, 5) is 126. The molecule has 1 aliphatic rings. The third-order valence-corrected chi connectivity index (χ3v) is 28.6. The molecule has 1 heterocycles. The molecule has 0 aromatic carbocycles. The van der Waals surface area contributed by atoms with Gasteiger partial charge in [0.2, 0.25) is 0 Å². The average molecular weight is 1420 g/mol. The van der Waals surface area contributed by atoms with Crippen molar-refractivity contribution in [2.24, 2.45) is 0 Å². The Kier molecular flexibility index (Phi) is 42.2. The molecule has 1 rings (SSSR count). The molecule has 0 amide bonds. The van der Waals surface area contributed by atoms with Crippen LogP contribution >= 0.6 is 0 Å². The van der Waals surface area contributed by atoms with Gasteiger partial charge in [0, 0.05) is 0 Å². The fourth-order valence-corrected chi connectivity index (χ4v) is 20.7. The summed E-state index contributed by atoms with van der Waals surface area (Å²) < 4.78 is 76.8. The largest absolute Gasteiger partial charge is 0.414 e. The molecule has 0 saturated carbocycles. The van der Waals surface area contributed by atoms with E-state index in [4.69, 9.17) is 16.5 Å². The summed E-state index contributed by atoms with van der Waals surface area (Å²) in [5.41, 5.74) is 0. The maximum Gasteiger partial charge on any atom is 0.362 e. The first-order valence-corrected chi connectivity index (χ1v) is 38.2. The van der Waals surface area contributed by atoms with Crippen LogP contribution in [0, 0.1) is 0 Å². The zero-order valence-corrected chi connectivity index (χ0v) is 52.8. The molecule has 0 unspecified atom stereocenters. The van der Waals surface area contributed by atoms with Gasteiger partial charge in [-0.15, -0.1) is 0 Å². The van der Waals surface area contributed by atoms with Crippen molar-refractivity contribution in [3.05, 3.63) is 0 Å². The van der Waals surface area contributed by atoms with E-state index in [9.17, 15) is 57.5 Å². The van der Waals surface area contributed by atoms with Gasteiger partial charge in [0.25, 0.3) is 0 Å². The smallest absolute Gasteiger partial charge is 0.362 e. The normalized spacial score (nSPS) is 12.6. The van der Waals surface area contributed by atoms with E-state index in [0.717, 1.165) is 83.1 Å². The predicted molar refractivity (Wildman–Crippen MR) is 215 cm³/mol. The number of hydrogen-bond donors (Lipinski definition) is 0. The molecule has 28 nitrogen and oxygen atoms in total. The average Bonchev–Trinajstić information content (AvgIpc) is 3.01. The third-order valence-electron chi connectivity index (χ3n) is 3.87. The van der Waals surface area contributed by atoms with Crippen molar-refractivity contribution in [1.82, 2.24) is 0 Å². The van der Waals surface area contributed by atoms with Crippen LogP contribution in [-0.2, 0) is 111 Å². The van der Waals surface area contributed by atoms with Gasteiger partial charge in [0.1, 0.15) is 0 Å². The second-order valence-electron chi connectivity index (χ2n) is 10.5. The Morgan fingerprint density at radius 3 is 0.375 bits per heavy atom. The number of hydrogen-bond acceptors (Lipinski definition) is 28. The summed E-state index contributed by atoms with van der Waals surface area (Å²) in [6.45, 7) is 21.7. The van der Waals surface area contributed by atoms with Crippen molar-refractivity contribution >= 4 is 193 Å². The predicted octanol–water partition coefficient (Wildman–Crippen LogP) is -0.819. The van der Waals surface area contributed by atoms with Crippen LogP contribution in [0.5, 0.6) is 0 Å². The Labute approximate surface area is 409 Å². The summed E-state index contributed by atoms with van der Waals surface area (Å²) >= 11 is -14.1. The zero-order valence-electron chi connectivity index (χ0n) is 37.4. The van der Waals surface area contributed by atoms with E-state index >= 15 is 0 Å². The Hall–Kier alpha value is -2.46. The van der Waals surface area contributed by atoms with Crippen LogP contribution in [0.25, 0.3) is 0 Å². The first-order valence-electron chi connectivity index (χ1n) is 17.0. The number of carbonyl (C=O) groups excluding carboxylic acids is 12. The molecule has 8 radical (unpaired) electrons. The summed E-state index contributed by atoms with van der Waals surface area (Å²) in [6.07, 6.45) is 0. The van der Waals surface area contributed by atoms with Crippen molar-refractivity contribution in [3.63, 3.8) is 0 Å². The molecule has 360 valence electrons. The molecule has 1 fully saturated rings. The first kappa shape index (κ1) is 68.1. The van der Waals surface area contributed by atoms with Gasteiger partial charge in [0.15, 0.2) is 0 Å². The van der Waals surface area contributed by atoms with Crippen LogP contribution in [-0.4, -0.2) is 193 Å². The zero-order chi connectivity index (χ0) is 50.9. The molecule has 0 spiro atoms. The van der Waals surface area contributed by atoms with E-state index in [2.05, 4.69) is 36.9 Å². The topological polar surface area (TPSA) is 353 Å². The van der Waals surface area contributed by atoms with E-state index in [-0.39, 0.29) is 0 Å². The minimum absolute atomic E-state index is 0.628. The fraction of sp³-hybridized carbons (Fsp3) is 0.571. The summed E-state index contributed by atoms with van der Waals surface area (Å²) in [7, 11) is -4.46. The van der Waals surface area contributed by atoms with Crippen LogP contribution in [0.4, 0.5) is 0 Å². The van der Waals surface area contributed by atoms with Crippen LogP contribution in [0.1, 0.15) is 83.1 Å². The monoisotopic (exact) mass is 1420 g/mol. The van der Waals surface area contributed by atoms with Crippen LogP contribution in [0.15, 0.2) is 0 Å². The van der Waals surface area contributed by atoms with Crippen molar-refractivity contribution < 1.29 is 111 Å². The van der Waals surface area contributed by atoms with Gasteiger partial charge in [0.05, 0.1) is 0 Å². The SMILES string of the molecule is CC(=O)[O][Sn]([O]C(C)=O)[O]C(C)=O.CC(=O)[O][Sn]([O]C(C)=O)[O]C(C)=O.CC(=O)[O][Sn]([O]C(C)=O)[O]C(C)=O.CC(=O)[O][Sn]([O]C(C)=O)[O]C(C)=O.C[Si]1O[Si](C)O[Si](C)O[Si](C)O1. The molecule has 0 aliphatic carbocycles. The van der Waals surface area contributed by atoms with Crippen LogP contribution in [0.2, 0.25) is 26.2 Å². The van der Waals surface area contributed by atoms with Gasteiger partial charge in [-0.05, 0) is 26.2 Å². The summed E-state index contributed by atoms with van der Waals surface area (Å²) in [5, 5.41) is 0. The quantitative estimate of drug-likeness (QED) is 0.215. The Morgan fingerprint density at radius 2 is 0.312 bits per heavy atom. The second-order valence-corrected chi connectivity index (χ2v) is 30.4. The fourth-order valence-electron chi connectivity index (χ4n) is 2.55. The maximum absolute atomic E-state index is 10.5. The summed E-state index contributed by atoms with van der Waals surface area (Å²) in [5.74, 6) is -7.53. The third kappa shape index (κ3) is 53.9. The minimum Gasteiger partial charge on any atom is -0.414 e. The Bertz CT molecular complexity index is 1190. The van der Waals surface area contributed by atoms with E-state index in [0.29, 0.717) is 0 Å². The molecule has 64 heavy (non-hydrogen) atoms. The standard InChI is InChI=1S/C4H12O4Si4.12C2H4O2.4Sn/c1-9-5-10(2)7-12(4)8-11(3)6-9;12*1-2(3)4;;;;/h1-4H3;12*1H3,(H,3,4);;;;/q;;;;;;;;;;;;;4*+3/p-12. The van der Waals surface area contributed by atoms with Gasteiger partial charge < -0.3 is 16.5 Å². The number of rotatable bonds is 12. The van der Waals surface area contributed by atoms with Crippen molar-refractivity contribution in [2.75, 3.05) is 0 Å². The molecule has 36 heteroatoms. The first-order chi connectivity index (χ1) is 29.2. The van der Waals surface area contributed by atoms with Crippen molar-refractivity contribution in [2.45, 2.75) is 109 Å².